The summed E-state index contributed by atoms with van der Waals surface area (Å²) < 4.78 is 30.2. The number of nitrogens with zero attached hydrogens (tertiary/aromatic N) is 1. The van der Waals surface area contributed by atoms with Crippen LogP contribution >= 0.6 is 0 Å². The molecule has 3 heterocycles. The Bertz CT molecular complexity index is 1510. The van der Waals surface area contributed by atoms with E-state index in [1.165, 1.54) is 18.9 Å². The van der Waals surface area contributed by atoms with Gasteiger partial charge in [-0.05, 0) is 108 Å². The van der Waals surface area contributed by atoms with E-state index >= 15 is 0 Å². The molecule has 16 atom stereocenters. The number of esters is 1. The number of hydrazine groups is 1. The molecule has 61 heavy (non-hydrogen) atoms. The number of ketones is 1. The number of hydrogen-bond acceptors (Lipinski definition) is 13. The highest BCUT2D eigenvalue weighted by Crippen LogP contribution is 2.40. The second-order valence-corrected chi connectivity index (χ2v) is 18.8. The van der Waals surface area contributed by atoms with Crippen molar-refractivity contribution in [3.05, 3.63) is 24.3 Å². The van der Waals surface area contributed by atoms with Crippen LogP contribution in [0.4, 0.5) is 0 Å². The van der Waals surface area contributed by atoms with E-state index < -0.39 is 84.0 Å². The minimum atomic E-state index is -2.51. The van der Waals surface area contributed by atoms with Crippen LogP contribution in [-0.2, 0) is 42.9 Å². The monoisotopic (exact) mass is 864 g/mol. The molecule has 4 aliphatic rings. The van der Waals surface area contributed by atoms with Crippen LogP contribution in [0.25, 0.3) is 0 Å². The number of Topliss-reactive ketones (excluding diaryl/α,β-unsaturated/α-hetero) is 1. The van der Waals surface area contributed by atoms with E-state index in [1.807, 2.05) is 26.8 Å². The summed E-state index contributed by atoms with van der Waals surface area (Å²) >= 11 is 0. The summed E-state index contributed by atoms with van der Waals surface area (Å²) in [6, 6.07) is -1.56. The number of piperidine rings is 1. The van der Waals surface area contributed by atoms with Gasteiger partial charge in [-0.3, -0.25) is 19.8 Å². The van der Waals surface area contributed by atoms with Gasteiger partial charge in [0.15, 0.2) is 0 Å². The van der Waals surface area contributed by atoms with Crippen LogP contribution in [0, 0.1) is 35.5 Å². The largest absolute Gasteiger partial charge is 0.460 e. The summed E-state index contributed by atoms with van der Waals surface area (Å²) in [7, 11) is 4.67. The Balaban J connectivity index is 1.80. The lowest BCUT2D eigenvalue weighted by Crippen LogP contribution is -2.64. The number of rotatable bonds is 10. The lowest BCUT2D eigenvalue weighted by molar-refractivity contribution is -0.302. The summed E-state index contributed by atoms with van der Waals surface area (Å²) in [6.45, 7) is 15.1. The molecule has 1 aliphatic carbocycles. The fraction of sp³-hybridized carbons (Fsp3) is 0.826. The molecule has 0 aromatic carbocycles. The van der Waals surface area contributed by atoms with Crippen molar-refractivity contribution in [1.29, 1.82) is 0 Å². The van der Waals surface area contributed by atoms with Crippen LogP contribution in [0.1, 0.15) is 119 Å². The lowest BCUT2D eigenvalue weighted by Gasteiger charge is -2.47. The van der Waals surface area contributed by atoms with Gasteiger partial charge in [-0.25, -0.2) is 10.2 Å². The highest BCUT2D eigenvalue weighted by Gasteiger charge is 2.56. The van der Waals surface area contributed by atoms with Gasteiger partial charge in [0.05, 0.1) is 30.5 Å². The molecule has 348 valence electrons. The van der Waals surface area contributed by atoms with Crippen molar-refractivity contribution in [3.63, 3.8) is 0 Å². The highest BCUT2D eigenvalue weighted by molar-refractivity contribution is 6.39. The molecule has 0 aromatic rings. The second kappa shape index (κ2) is 23.3. The Morgan fingerprint density at radius 2 is 1.66 bits per heavy atom. The van der Waals surface area contributed by atoms with Gasteiger partial charge >= 0.3 is 5.97 Å². The maximum atomic E-state index is 14.5. The number of carbonyl (C=O) groups excluding carboxylic acids is 4. The summed E-state index contributed by atoms with van der Waals surface area (Å²) in [4.78, 5) is 56.6. The normalized spacial score (nSPS) is 40.4. The van der Waals surface area contributed by atoms with Crippen molar-refractivity contribution in [2.24, 2.45) is 35.5 Å². The van der Waals surface area contributed by atoms with E-state index in [2.05, 4.69) is 30.4 Å². The molecular formula is C46H77N3O12. The Kier molecular flexibility index (Phi) is 19.4. The van der Waals surface area contributed by atoms with E-state index in [0.29, 0.717) is 51.4 Å². The Hall–Kier alpha value is -2.76. The third kappa shape index (κ3) is 12.9. The van der Waals surface area contributed by atoms with Crippen molar-refractivity contribution >= 4 is 23.6 Å². The van der Waals surface area contributed by atoms with Gasteiger partial charge in [0.2, 0.25) is 11.7 Å². The smallest absolute Gasteiger partial charge is 0.329 e. The third-order valence-electron chi connectivity index (χ3n) is 14.0. The number of aliphatic hydroxyl groups is 3. The minimum Gasteiger partial charge on any atom is -0.460 e. The van der Waals surface area contributed by atoms with Gasteiger partial charge in [0.25, 0.3) is 11.7 Å². The van der Waals surface area contributed by atoms with Crippen molar-refractivity contribution < 1.29 is 58.2 Å². The van der Waals surface area contributed by atoms with Crippen LogP contribution < -0.4 is 10.9 Å². The zero-order valence-corrected chi connectivity index (χ0v) is 38.2. The van der Waals surface area contributed by atoms with Gasteiger partial charge in [-0.1, -0.05) is 45.4 Å². The molecule has 2 amide bonds. The Labute approximate surface area is 363 Å². The van der Waals surface area contributed by atoms with Crippen LogP contribution in [-0.4, -0.2) is 132 Å². The number of nitrogens with one attached hydrogen (secondary N) is 2. The molecule has 1 saturated carbocycles. The first-order chi connectivity index (χ1) is 28.9. The van der Waals surface area contributed by atoms with E-state index in [0.717, 1.165) is 12.0 Å². The fourth-order valence-electron chi connectivity index (χ4n) is 10.4. The average Bonchev–Trinajstić information content (AvgIpc) is 3.23. The van der Waals surface area contributed by atoms with E-state index in [-0.39, 0.29) is 61.5 Å². The third-order valence-corrected chi connectivity index (χ3v) is 14.0. The number of cyclic esters (lactones) is 1. The van der Waals surface area contributed by atoms with Gasteiger partial charge in [0, 0.05) is 52.7 Å². The predicted octanol–water partition coefficient (Wildman–Crippen LogP) is 4.16. The number of amides is 2. The summed E-state index contributed by atoms with van der Waals surface area (Å²) in [5.74, 6) is -7.39. The first-order valence-corrected chi connectivity index (χ1v) is 22.6. The maximum absolute atomic E-state index is 14.5. The summed E-state index contributed by atoms with van der Waals surface area (Å²) in [6.07, 6.45) is 5.21. The summed E-state index contributed by atoms with van der Waals surface area (Å²) in [5.41, 5.74) is 6.97. The Morgan fingerprint density at radius 3 is 2.30 bits per heavy atom. The van der Waals surface area contributed by atoms with E-state index in [1.54, 1.807) is 21.1 Å². The van der Waals surface area contributed by atoms with Crippen LogP contribution in [0.15, 0.2) is 24.3 Å². The molecule has 0 aromatic heterocycles. The molecule has 2 unspecified atom stereocenters. The predicted molar refractivity (Wildman–Crippen MR) is 228 cm³/mol. The van der Waals surface area contributed by atoms with Crippen molar-refractivity contribution in [3.8, 4) is 0 Å². The average molecular weight is 864 g/mol. The fourth-order valence-corrected chi connectivity index (χ4v) is 10.4. The topological polar surface area (TPSA) is 202 Å². The SMILES string of the molecule is C=CC[C@@H]1/C=C(\C)C[C@H](C)C[C@H](OC)[C@H]2O[C@@](O)(C(=O)C(=O)N3CCCC[C@H]3C(=O)O[C@H](C(C)C[C@@H]3CC[C@@H](O)[C@H](OC)C3)[C@H](C)[C@@H](O)CC1NNC(C)=O)[C@H](C)C[C@@H]2OC. The number of carbonyl (C=O) groups is 4. The first-order valence-electron chi connectivity index (χ1n) is 22.6. The lowest BCUT2D eigenvalue weighted by atomic mass is 9.76. The molecule has 4 rings (SSSR count). The Morgan fingerprint density at radius 1 is 0.984 bits per heavy atom. The standard InChI is InChI=1S/C46H77N3O12/c1-11-14-33-20-26(2)19-27(3)21-39(58-9)42-40(59-10)23-29(5)46(56,61-42)43(53)44(54)49-18-13-12-15-35(49)45(55)60-41(30(6)37(52)25-34(33)48-47-31(7)50)28(4)22-32-16-17-36(51)38(24-32)57-8/h11,20,27-30,32-42,48,51-52,56H,1,12-19,21-25H2,2-10H3,(H,47,50)/b26-20+/t27-,28?,29+,30+,32-,33+,34?,35-,36+,37-,38+,39-,40-,41+,42+,46+/m0/s1. The van der Waals surface area contributed by atoms with Crippen molar-refractivity contribution in [2.75, 3.05) is 27.9 Å². The number of hydrogen-bond donors (Lipinski definition) is 5. The molecule has 2 saturated heterocycles. The zero-order valence-electron chi connectivity index (χ0n) is 38.2. The quantitative estimate of drug-likeness (QED) is 0.0909. The molecular weight excluding hydrogens is 787 g/mol. The van der Waals surface area contributed by atoms with Gasteiger partial charge in [-0.15, -0.1) is 6.58 Å². The molecule has 0 spiro atoms. The molecule has 15 heteroatoms. The first kappa shape index (κ1) is 50.9. The second-order valence-electron chi connectivity index (χ2n) is 18.8. The molecule has 2 bridgehead atoms. The van der Waals surface area contributed by atoms with Gasteiger partial charge < -0.3 is 43.9 Å². The number of allylic oxidation sites excluding steroid dienone is 2. The molecule has 0 radical (unpaired) electrons. The van der Waals surface area contributed by atoms with Crippen LogP contribution in [0.2, 0.25) is 0 Å². The molecule has 3 fully saturated rings. The van der Waals surface area contributed by atoms with E-state index in [9.17, 15) is 34.5 Å². The van der Waals surface area contributed by atoms with E-state index in [4.69, 9.17) is 23.7 Å². The number of fused-ring (bicyclic) bond motifs is 3. The highest BCUT2D eigenvalue weighted by atomic mass is 16.7. The number of methoxy groups -OCH3 is 3. The summed E-state index contributed by atoms with van der Waals surface area (Å²) in [5, 5.41) is 34.8. The van der Waals surface area contributed by atoms with Crippen LogP contribution in [0.3, 0.4) is 0 Å². The van der Waals surface area contributed by atoms with Crippen molar-refractivity contribution in [1.82, 2.24) is 15.8 Å². The minimum absolute atomic E-state index is 0.0315. The molecule has 3 aliphatic heterocycles. The maximum Gasteiger partial charge on any atom is 0.329 e. The number of aliphatic hydroxyl groups excluding tert-OH is 2. The van der Waals surface area contributed by atoms with Gasteiger partial charge in [-0.2, -0.15) is 0 Å². The van der Waals surface area contributed by atoms with Gasteiger partial charge in [0.1, 0.15) is 18.2 Å². The molecule has 15 nitrogen and oxygen atoms in total. The number of ether oxygens (including phenoxy) is 5. The van der Waals surface area contributed by atoms with Crippen molar-refractivity contribution in [2.45, 2.75) is 179 Å². The molecule has 5 N–H and O–H groups in total. The zero-order chi connectivity index (χ0) is 45.2. The van der Waals surface area contributed by atoms with Crippen LogP contribution in [0.5, 0.6) is 0 Å².